The molecule has 0 aliphatic carbocycles. The molecule has 0 spiro atoms. The highest BCUT2D eigenvalue weighted by Gasteiger charge is 2.03. The van der Waals surface area contributed by atoms with E-state index in [1.54, 1.807) is 0 Å². The van der Waals surface area contributed by atoms with E-state index in [4.69, 9.17) is 0 Å². The molecule has 1 aromatic heterocycles. The van der Waals surface area contributed by atoms with Gasteiger partial charge >= 0.3 is 0 Å². The van der Waals surface area contributed by atoms with Gasteiger partial charge in [0, 0.05) is 25.1 Å². The second-order valence-electron chi connectivity index (χ2n) is 4.07. The molecule has 0 aliphatic rings. The topological polar surface area (TPSA) is 29.9 Å². The molecule has 0 aliphatic heterocycles. The van der Waals surface area contributed by atoms with Gasteiger partial charge in [0.25, 0.3) is 0 Å². The number of hydrogen-bond donors (Lipinski definition) is 1. The van der Waals surface area contributed by atoms with E-state index in [1.807, 2.05) is 24.0 Å². The Hall–Kier alpha value is -1.77. The summed E-state index contributed by atoms with van der Waals surface area (Å²) < 4.78 is 2.03. The van der Waals surface area contributed by atoms with E-state index in [9.17, 15) is 0 Å². The van der Waals surface area contributed by atoms with Crippen molar-refractivity contribution in [3.8, 4) is 0 Å². The highest BCUT2D eigenvalue weighted by atomic mass is 15.1. The summed E-state index contributed by atoms with van der Waals surface area (Å²) in [4.78, 5) is 4.29. The molecular weight excluding hydrogens is 198 g/mol. The minimum Gasteiger partial charge on any atom is -0.377 e. The number of hydrogen-bond acceptors (Lipinski definition) is 2. The maximum Gasteiger partial charge on any atom is 0.127 e. The van der Waals surface area contributed by atoms with Crippen LogP contribution in [0.1, 0.15) is 17.0 Å². The van der Waals surface area contributed by atoms with Crippen molar-refractivity contribution in [3.05, 3.63) is 47.5 Å². The number of benzene rings is 1. The van der Waals surface area contributed by atoms with Crippen molar-refractivity contribution < 1.29 is 0 Å². The third kappa shape index (κ3) is 2.08. The van der Waals surface area contributed by atoms with Gasteiger partial charge in [-0.25, -0.2) is 4.98 Å². The van der Waals surface area contributed by atoms with Gasteiger partial charge in [0.15, 0.2) is 0 Å². The Bertz CT molecular complexity index is 465. The molecule has 1 N–H and O–H groups in total. The lowest BCUT2D eigenvalue weighted by Crippen LogP contribution is -2.07. The molecule has 16 heavy (non-hydrogen) atoms. The molecule has 0 amide bonds. The van der Waals surface area contributed by atoms with Gasteiger partial charge < -0.3 is 9.88 Å². The van der Waals surface area contributed by atoms with E-state index in [1.165, 1.54) is 16.8 Å². The zero-order chi connectivity index (χ0) is 11.5. The van der Waals surface area contributed by atoms with Gasteiger partial charge in [0.1, 0.15) is 5.82 Å². The minimum atomic E-state index is 0.759. The molecule has 3 heteroatoms. The van der Waals surface area contributed by atoms with E-state index in [0.29, 0.717) is 0 Å². The summed E-state index contributed by atoms with van der Waals surface area (Å²) in [6, 6.07) is 6.32. The number of nitrogens with one attached hydrogen (secondary N) is 1. The predicted molar refractivity (Wildman–Crippen MR) is 66.5 cm³/mol. The number of imidazole rings is 1. The fourth-order valence-electron chi connectivity index (χ4n) is 1.83. The average molecular weight is 215 g/mol. The van der Waals surface area contributed by atoms with E-state index < -0.39 is 0 Å². The van der Waals surface area contributed by atoms with Gasteiger partial charge in [-0.1, -0.05) is 18.2 Å². The van der Waals surface area contributed by atoms with Crippen LogP contribution in [0.2, 0.25) is 0 Å². The normalized spacial score (nSPS) is 10.4. The van der Waals surface area contributed by atoms with Crippen LogP contribution in [-0.4, -0.2) is 9.55 Å². The lowest BCUT2D eigenvalue weighted by molar-refractivity contribution is 0.812. The van der Waals surface area contributed by atoms with Crippen LogP contribution in [0.25, 0.3) is 0 Å². The Morgan fingerprint density at radius 3 is 2.50 bits per heavy atom. The van der Waals surface area contributed by atoms with Crippen molar-refractivity contribution in [2.24, 2.45) is 7.05 Å². The van der Waals surface area contributed by atoms with Crippen molar-refractivity contribution in [1.29, 1.82) is 0 Å². The Morgan fingerprint density at radius 1 is 1.25 bits per heavy atom. The first-order valence-corrected chi connectivity index (χ1v) is 5.45. The Labute approximate surface area is 96.1 Å². The second kappa shape index (κ2) is 4.39. The van der Waals surface area contributed by atoms with Gasteiger partial charge in [-0.2, -0.15) is 0 Å². The van der Waals surface area contributed by atoms with E-state index in [-0.39, 0.29) is 0 Å². The van der Waals surface area contributed by atoms with Crippen LogP contribution < -0.4 is 5.32 Å². The van der Waals surface area contributed by atoms with Crippen LogP contribution in [0.4, 0.5) is 5.69 Å². The third-order valence-corrected chi connectivity index (χ3v) is 2.83. The molecule has 84 valence electrons. The average Bonchev–Trinajstić information content (AvgIpc) is 2.64. The number of para-hydroxylation sites is 1. The number of rotatable bonds is 3. The molecule has 0 saturated carbocycles. The predicted octanol–water partition coefficient (Wildman–Crippen LogP) is 2.65. The second-order valence-corrected chi connectivity index (χ2v) is 4.07. The highest BCUT2D eigenvalue weighted by molar-refractivity contribution is 5.56. The lowest BCUT2D eigenvalue weighted by atomic mass is 10.1. The molecule has 0 atom stereocenters. The van der Waals surface area contributed by atoms with Crippen LogP contribution in [-0.2, 0) is 13.6 Å². The molecule has 1 aromatic carbocycles. The minimum absolute atomic E-state index is 0.759. The summed E-state index contributed by atoms with van der Waals surface area (Å²) in [5, 5.41) is 3.44. The molecule has 0 bridgehead atoms. The van der Waals surface area contributed by atoms with Gasteiger partial charge in [0.2, 0.25) is 0 Å². The van der Waals surface area contributed by atoms with Crippen molar-refractivity contribution >= 4 is 5.69 Å². The zero-order valence-electron chi connectivity index (χ0n) is 9.99. The molecule has 0 unspecified atom stereocenters. The first-order chi connectivity index (χ1) is 7.68. The van der Waals surface area contributed by atoms with Gasteiger partial charge in [-0.15, -0.1) is 0 Å². The number of nitrogens with zero attached hydrogens (tertiary/aromatic N) is 2. The summed E-state index contributed by atoms with van der Waals surface area (Å²) in [6.07, 6.45) is 3.78. The van der Waals surface area contributed by atoms with Crippen molar-refractivity contribution in [3.63, 3.8) is 0 Å². The van der Waals surface area contributed by atoms with Crippen molar-refractivity contribution in [2.75, 3.05) is 5.32 Å². The van der Waals surface area contributed by atoms with Gasteiger partial charge in [0.05, 0.1) is 6.54 Å². The SMILES string of the molecule is Cc1cccc(C)c1NCc1nccn1C. The molecule has 0 saturated heterocycles. The number of anilines is 1. The Kier molecular flexibility index (Phi) is 2.95. The number of aryl methyl sites for hydroxylation is 3. The molecule has 2 rings (SSSR count). The molecule has 1 heterocycles. The van der Waals surface area contributed by atoms with Gasteiger partial charge in [-0.3, -0.25) is 0 Å². The molecule has 0 radical (unpaired) electrons. The Morgan fingerprint density at radius 2 is 1.94 bits per heavy atom. The summed E-state index contributed by atoms with van der Waals surface area (Å²) in [5.41, 5.74) is 3.76. The third-order valence-electron chi connectivity index (χ3n) is 2.83. The quantitative estimate of drug-likeness (QED) is 0.853. The van der Waals surface area contributed by atoms with Crippen LogP contribution in [0.15, 0.2) is 30.6 Å². The van der Waals surface area contributed by atoms with Crippen molar-refractivity contribution in [1.82, 2.24) is 9.55 Å². The fourth-order valence-corrected chi connectivity index (χ4v) is 1.83. The van der Waals surface area contributed by atoms with E-state index in [2.05, 4.69) is 42.3 Å². The summed E-state index contributed by atoms with van der Waals surface area (Å²) in [6.45, 7) is 5.00. The smallest absolute Gasteiger partial charge is 0.127 e. The van der Waals surface area contributed by atoms with E-state index in [0.717, 1.165) is 12.4 Å². The monoisotopic (exact) mass is 215 g/mol. The standard InChI is InChI=1S/C13H17N3/c1-10-5-4-6-11(2)13(10)15-9-12-14-7-8-16(12)3/h4-8,15H,9H2,1-3H3. The van der Waals surface area contributed by atoms with Crippen molar-refractivity contribution in [2.45, 2.75) is 20.4 Å². The van der Waals surface area contributed by atoms with Crippen LogP contribution in [0.5, 0.6) is 0 Å². The van der Waals surface area contributed by atoms with Crippen LogP contribution >= 0.6 is 0 Å². The van der Waals surface area contributed by atoms with E-state index >= 15 is 0 Å². The summed E-state index contributed by atoms with van der Waals surface area (Å²) in [7, 11) is 2.01. The summed E-state index contributed by atoms with van der Waals surface area (Å²) >= 11 is 0. The molecule has 3 nitrogen and oxygen atoms in total. The summed E-state index contributed by atoms with van der Waals surface area (Å²) in [5.74, 6) is 1.04. The largest absolute Gasteiger partial charge is 0.377 e. The number of aromatic nitrogens is 2. The fraction of sp³-hybridized carbons (Fsp3) is 0.308. The Balaban J connectivity index is 2.14. The first kappa shape index (κ1) is 10.7. The maximum absolute atomic E-state index is 4.29. The van der Waals surface area contributed by atoms with Crippen LogP contribution in [0.3, 0.4) is 0 Å². The van der Waals surface area contributed by atoms with Crippen LogP contribution in [0, 0.1) is 13.8 Å². The zero-order valence-corrected chi connectivity index (χ0v) is 9.99. The molecule has 2 aromatic rings. The first-order valence-electron chi connectivity index (χ1n) is 5.45. The lowest BCUT2D eigenvalue weighted by Gasteiger charge is -2.12. The maximum atomic E-state index is 4.29. The van der Waals surface area contributed by atoms with Gasteiger partial charge in [-0.05, 0) is 25.0 Å². The molecule has 0 fully saturated rings. The highest BCUT2D eigenvalue weighted by Crippen LogP contribution is 2.19. The molecular formula is C13H17N3.